The molecular formula is C11H15F7O. The first-order valence-corrected chi connectivity index (χ1v) is 5.95. The predicted molar refractivity (Wildman–Crippen MR) is 53.3 cm³/mol. The normalized spacial score (nSPS) is 25.9. The molecule has 1 saturated carbocycles. The molecule has 1 aliphatic rings. The van der Waals surface area contributed by atoms with Gasteiger partial charge in [-0.15, -0.1) is 0 Å². The molecule has 1 rings (SSSR count). The van der Waals surface area contributed by atoms with E-state index in [0.717, 1.165) is 6.42 Å². The summed E-state index contributed by atoms with van der Waals surface area (Å²) < 4.78 is 91.1. The van der Waals surface area contributed by atoms with Gasteiger partial charge in [-0.05, 0) is 25.2 Å². The lowest BCUT2D eigenvalue weighted by molar-refractivity contribution is -0.362. The second kappa shape index (κ2) is 5.46. The Morgan fingerprint density at radius 1 is 1.00 bits per heavy atom. The van der Waals surface area contributed by atoms with E-state index in [-0.39, 0.29) is 5.92 Å². The summed E-state index contributed by atoms with van der Waals surface area (Å²) in [6, 6.07) is 0. The maximum absolute atomic E-state index is 12.9. The highest BCUT2D eigenvalue weighted by Crippen LogP contribution is 2.47. The molecule has 0 aromatic rings. The highest BCUT2D eigenvalue weighted by molar-refractivity contribution is 4.91. The lowest BCUT2D eigenvalue weighted by Crippen LogP contribution is -2.54. The fourth-order valence-corrected chi connectivity index (χ4v) is 2.07. The van der Waals surface area contributed by atoms with Crippen molar-refractivity contribution in [1.29, 1.82) is 0 Å². The zero-order valence-corrected chi connectivity index (χ0v) is 10.2. The lowest BCUT2D eigenvalue weighted by Gasteiger charge is -2.28. The van der Waals surface area contributed by atoms with Gasteiger partial charge < -0.3 is 4.74 Å². The summed E-state index contributed by atoms with van der Waals surface area (Å²) in [5.41, 5.74) is 0. The Morgan fingerprint density at radius 3 is 2.00 bits per heavy atom. The molecule has 2 atom stereocenters. The zero-order chi connectivity index (χ0) is 14.9. The van der Waals surface area contributed by atoms with Crippen LogP contribution in [0.15, 0.2) is 0 Å². The third kappa shape index (κ3) is 3.52. The maximum Gasteiger partial charge on any atom is 0.459 e. The molecule has 114 valence electrons. The molecule has 0 aromatic heterocycles. The van der Waals surface area contributed by atoms with E-state index >= 15 is 0 Å². The van der Waals surface area contributed by atoms with Crippen molar-refractivity contribution in [3.8, 4) is 0 Å². The molecule has 0 bridgehead atoms. The molecule has 2 unspecified atom stereocenters. The summed E-state index contributed by atoms with van der Waals surface area (Å²) >= 11 is 0. The average molecular weight is 296 g/mol. The molecule has 1 fully saturated rings. The van der Waals surface area contributed by atoms with Crippen LogP contribution in [0, 0.1) is 5.92 Å². The third-order valence-corrected chi connectivity index (χ3v) is 3.39. The van der Waals surface area contributed by atoms with Crippen LogP contribution in [0.5, 0.6) is 0 Å². The molecule has 0 spiro atoms. The number of hydrogen-bond donors (Lipinski definition) is 0. The van der Waals surface area contributed by atoms with E-state index in [4.69, 9.17) is 0 Å². The van der Waals surface area contributed by atoms with Crippen molar-refractivity contribution in [3.05, 3.63) is 0 Å². The average Bonchev–Trinajstić information content (AvgIpc) is 2.72. The van der Waals surface area contributed by atoms with Crippen molar-refractivity contribution in [2.24, 2.45) is 5.92 Å². The lowest BCUT2D eigenvalue weighted by atomic mass is 10.1. The number of ether oxygens (including phenoxy) is 1. The highest BCUT2D eigenvalue weighted by atomic mass is 19.4. The largest absolute Gasteiger partial charge is 0.459 e. The molecular weight excluding hydrogens is 281 g/mol. The van der Waals surface area contributed by atoms with Crippen LogP contribution in [0.1, 0.15) is 32.6 Å². The minimum atomic E-state index is -6.29. The van der Waals surface area contributed by atoms with Gasteiger partial charge in [0, 0.05) is 0 Å². The van der Waals surface area contributed by atoms with Crippen LogP contribution in [0.25, 0.3) is 0 Å². The van der Waals surface area contributed by atoms with Crippen molar-refractivity contribution in [1.82, 2.24) is 0 Å². The smallest absolute Gasteiger partial charge is 0.372 e. The first-order valence-electron chi connectivity index (χ1n) is 5.95. The number of hydrogen-bond acceptors (Lipinski definition) is 1. The van der Waals surface area contributed by atoms with E-state index in [1.165, 1.54) is 0 Å². The first kappa shape index (κ1) is 16.5. The van der Waals surface area contributed by atoms with Gasteiger partial charge in [0.05, 0.1) is 6.10 Å². The van der Waals surface area contributed by atoms with Gasteiger partial charge in [0.25, 0.3) is 0 Å². The van der Waals surface area contributed by atoms with Gasteiger partial charge in [0.2, 0.25) is 0 Å². The highest BCUT2D eigenvalue weighted by Gasteiger charge is 2.73. The minimum Gasteiger partial charge on any atom is -0.372 e. The summed E-state index contributed by atoms with van der Waals surface area (Å²) in [5, 5.41) is 0. The van der Waals surface area contributed by atoms with Crippen LogP contribution in [-0.4, -0.2) is 30.7 Å². The summed E-state index contributed by atoms with van der Waals surface area (Å²) in [5.74, 6) is -11.1. The molecule has 8 heteroatoms. The molecule has 0 aliphatic heterocycles. The summed E-state index contributed by atoms with van der Waals surface area (Å²) in [6.07, 6.45) is -4.62. The fourth-order valence-electron chi connectivity index (χ4n) is 2.07. The monoisotopic (exact) mass is 296 g/mol. The van der Waals surface area contributed by atoms with Crippen LogP contribution in [0.4, 0.5) is 30.7 Å². The molecule has 1 nitrogen and oxygen atoms in total. The Bertz CT molecular complexity index is 300. The van der Waals surface area contributed by atoms with Gasteiger partial charge in [0.1, 0.15) is 6.61 Å². The van der Waals surface area contributed by atoms with Gasteiger partial charge in [-0.1, -0.05) is 13.3 Å². The van der Waals surface area contributed by atoms with Crippen LogP contribution >= 0.6 is 0 Å². The minimum absolute atomic E-state index is 0.252. The Labute approximate surface area is 106 Å². The second-order valence-corrected chi connectivity index (χ2v) is 4.80. The number of halogens is 7. The quantitative estimate of drug-likeness (QED) is 0.683. The summed E-state index contributed by atoms with van der Waals surface area (Å²) in [7, 11) is 0. The van der Waals surface area contributed by atoms with E-state index in [1.54, 1.807) is 0 Å². The van der Waals surface area contributed by atoms with Crippen molar-refractivity contribution in [2.75, 3.05) is 6.61 Å². The van der Waals surface area contributed by atoms with Crippen molar-refractivity contribution in [2.45, 2.75) is 56.7 Å². The summed E-state index contributed by atoms with van der Waals surface area (Å²) in [4.78, 5) is 0. The molecule has 0 saturated heterocycles. The van der Waals surface area contributed by atoms with Crippen LogP contribution < -0.4 is 0 Å². The molecule has 1 aliphatic carbocycles. The van der Waals surface area contributed by atoms with E-state index in [1.807, 2.05) is 6.92 Å². The standard InChI is InChI=1S/C11H15F7O/c1-2-7-3-4-8(5-7)19-6-9(12,13)10(14,15)11(16,17)18/h7-8H,2-6H2,1H3. The van der Waals surface area contributed by atoms with Gasteiger partial charge in [-0.25, -0.2) is 0 Å². The third-order valence-electron chi connectivity index (χ3n) is 3.39. The van der Waals surface area contributed by atoms with Crippen molar-refractivity contribution >= 4 is 0 Å². The Hall–Kier alpha value is -0.530. The molecule has 0 heterocycles. The predicted octanol–water partition coefficient (Wildman–Crippen LogP) is 4.41. The zero-order valence-electron chi connectivity index (χ0n) is 10.2. The SMILES string of the molecule is CCC1CCC(OCC(F)(F)C(F)(F)C(F)(F)F)C1. The van der Waals surface area contributed by atoms with Crippen LogP contribution in [0.3, 0.4) is 0 Å². The molecule has 0 amide bonds. The molecule has 0 N–H and O–H groups in total. The van der Waals surface area contributed by atoms with E-state index < -0.39 is 30.7 Å². The van der Waals surface area contributed by atoms with E-state index in [2.05, 4.69) is 4.74 Å². The van der Waals surface area contributed by atoms with Gasteiger partial charge in [0.15, 0.2) is 0 Å². The molecule has 0 radical (unpaired) electrons. The molecule has 0 aromatic carbocycles. The Morgan fingerprint density at radius 2 is 1.58 bits per heavy atom. The maximum atomic E-state index is 12.9. The number of alkyl halides is 7. The van der Waals surface area contributed by atoms with Crippen LogP contribution in [-0.2, 0) is 4.74 Å². The Kier molecular flexibility index (Phi) is 4.75. The first-order chi connectivity index (χ1) is 8.51. The van der Waals surface area contributed by atoms with E-state index in [0.29, 0.717) is 19.3 Å². The fraction of sp³-hybridized carbons (Fsp3) is 1.00. The second-order valence-electron chi connectivity index (χ2n) is 4.80. The van der Waals surface area contributed by atoms with Gasteiger partial charge in [-0.2, -0.15) is 30.7 Å². The van der Waals surface area contributed by atoms with Gasteiger partial charge in [-0.3, -0.25) is 0 Å². The van der Waals surface area contributed by atoms with Crippen LogP contribution in [0.2, 0.25) is 0 Å². The van der Waals surface area contributed by atoms with Gasteiger partial charge >= 0.3 is 18.0 Å². The van der Waals surface area contributed by atoms with Crippen molar-refractivity contribution in [3.63, 3.8) is 0 Å². The Balaban J connectivity index is 2.56. The summed E-state index contributed by atoms with van der Waals surface area (Å²) in [6.45, 7) is -0.0277. The number of rotatable bonds is 5. The topological polar surface area (TPSA) is 9.23 Å². The van der Waals surface area contributed by atoms with Crippen molar-refractivity contribution < 1.29 is 35.5 Å². The van der Waals surface area contributed by atoms with E-state index in [9.17, 15) is 30.7 Å². The molecule has 19 heavy (non-hydrogen) atoms.